The van der Waals surface area contributed by atoms with E-state index >= 15 is 0 Å². The number of sulfonamides is 1. The number of aromatic nitrogens is 1. The Labute approximate surface area is 196 Å². The summed E-state index contributed by atoms with van der Waals surface area (Å²) in [5.74, 6) is 0.344. The molecule has 32 heavy (non-hydrogen) atoms. The lowest BCUT2D eigenvalue weighted by atomic mass is 10.1. The Bertz CT molecular complexity index is 1250. The predicted octanol–water partition coefficient (Wildman–Crippen LogP) is 5.57. The number of nitrogens with zero attached hydrogens (tertiary/aromatic N) is 1. The number of carbonyl (C=O) groups is 1. The molecule has 2 N–H and O–H groups in total. The Morgan fingerprint density at radius 3 is 2.41 bits per heavy atom. The van der Waals surface area contributed by atoms with Gasteiger partial charge in [-0.2, -0.15) is 0 Å². The van der Waals surface area contributed by atoms with Crippen LogP contribution in [0.1, 0.15) is 35.3 Å². The number of halogens is 1. The highest BCUT2D eigenvalue weighted by Gasteiger charge is 2.17. The number of anilines is 2. The Kier molecular flexibility index (Phi) is 6.83. The molecule has 0 bridgehead atoms. The number of pyridine rings is 1. The molecule has 1 amide bonds. The van der Waals surface area contributed by atoms with Crippen molar-refractivity contribution in [1.29, 1.82) is 0 Å². The van der Waals surface area contributed by atoms with E-state index in [4.69, 9.17) is 16.3 Å². The molecule has 0 unspecified atom stereocenters. The van der Waals surface area contributed by atoms with Crippen LogP contribution in [0.25, 0.3) is 11.3 Å². The normalized spacial score (nSPS) is 11.8. The highest BCUT2D eigenvalue weighted by Crippen LogP contribution is 2.32. The van der Waals surface area contributed by atoms with Crippen molar-refractivity contribution in [2.45, 2.75) is 33.3 Å². The van der Waals surface area contributed by atoms with E-state index in [0.717, 1.165) is 22.4 Å². The van der Waals surface area contributed by atoms with Gasteiger partial charge in [0.25, 0.3) is 5.91 Å². The average Bonchev–Trinajstić information content (AvgIpc) is 3.01. The number of thiophene rings is 1. The van der Waals surface area contributed by atoms with Gasteiger partial charge >= 0.3 is 0 Å². The Morgan fingerprint density at radius 1 is 1.12 bits per heavy atom. The lowest BCUT2D eigenvalue weighted by Crippen LogP contribution is -2.22. The van der Waals surface area contributed by atoms with Gasteiger partial charge in [-0.15, -0.1) is 11.3 Å². The number of hydrogen-bond acceptors (Lipinski definition) is 6. The molecule has 2 heterocycles. The van der Waals surface area contributed by atoms with Gasteiger partial charge in [-0.05, 0) is 64.1 Å². The summed E-state index contributed by atoms with van der Waals surface area (Å²) in [7, 11) is -3.47. The number of aryl methyl sites for hydroxylation is 1. The summed E-state index contributed by atoms with van der Waals surface area (Å²) < 4.78 is 31.1. The van der Waals surface area contributed by atoms with E-state index in [9.17, 15) is 13.2 Å². The molecule has 1 aromatic carbocycles. The molecule has 10 heteroatoms. The van der Waals surface area contributed by atoms with E-state index in [2.05, 4.69) is 15.0 Å². The summed E-state index contributed by atoms with van der Waals surface area (Å²) in [5.41, 5.74) is 1.92. The summed E-state index contributed by atoms with van der Waals surface area (Å²) in [6, 6.07) is 10.0. The van der Waals surface area contributed by atoms with Gasteiger partial charge in [0.1, 0.15) is 11.4 Å². The third kappa shape index (κ3) is 6.69. The lowest BCUT2D eigenvalue weighted by molar-refractivity contribution is 0.103. The second-order valence-corrected chi connectivity index (χ2v) is 11.7. The van der Waals surface area contributed by atoms with Crippen LogP contribution >= 0.6 is 22.9 Å². The minimum Gasteiger partial charge on any atom is -0.487 e. The number of rotatable bonds is 6. The molecule has 2 aromatic heterocycles. The number of amides is 1. The first kappa shape index (κ1) is 24.0. The van der Waals surface area contributed by atoms with Crippen LogP contribution < -0.4 is 14.8 Å². The van der Waals surface area contributed by atoms with Crippen molar-refractivity contribution in [3.05, 3.63) is 57.4 Å². The van der Waals surface area contributed by atoms with Crippen molar-refractivity contribution >= 4 is 50.2 Å². The fourth-order valence-electron chi connectivity index (χ4n) is 2.93. The van der Waals surface area contributed by atoms with Crippen molar-refractivity contribution in [2.75, 3.05) is 16.3 Å². The molecule has 0 fully saturated rings. The van der Waals surface area contributed by atoms with Crippen molar-refractivity contribution in [1.82, 2.24) is 4.98 Å². The number of nitrogens with one attached hydrogen (secondary N) is 2. The zero-order valence-corrected chi connectivity index (χ0v) is 20.7. The molecule has 0 spiro atoms. The van der Waals surface area contributed by atoms with Crippen LogP contribution in [0.2, 0.25) is 5.02 Å². The highest BCUT2D eigenvalue weighted by atomic mass is 35.5. The molecule has 0 atom stereocenters. The van der Waals surface area contributed by atoms with Crippen LogP contribution in [0, 0.1) is 6.92 Å². The van der Waals surface area contributed by atoms with E-state index in [1.54, 1.807) is 18.3 Å². The van der Waals surface area contributed by atoms with Gasteiger partial charge in [0, 0.05) is 21.2 Å². The number of hydrogen-bond donors (Lipinski definition) is 2. The van der Waals surface area contributed by atoms with Crippen LogP contribution in [-0.4, -0.2) is 31.2 Å². The minimum absolute atomic E-state index is 0.264. The van der Waals surface area contributed by atoms with Crippen molar-refractivity contribution < 1.29 is 17.9 Å². The summed E-state index contributed by atoms with van der Waals surface area (Å²) in [6.07, 6.45) is 2.71. The fourth-order valence-corrected chi connectivity index (χ4v) is 4.63. The van der Waals surface area contributed by atoms with Crippen LogP contribution in [0.5, 0.6) is 5.75 Å². The fraction of sp³-hybridized carbons (Fsp3) is 0.273. The van der Waals surface area contributed by atoms with Gasteiger partial charge in [-0.3, -0.25) is 14.5 Å². The van der Waals surface area contributed by atoms with Gasteiger partial charge in [-0.25, -0.2) is 8.42 Å². The summed E-state index contributed by atoms with van der Waals surface area (Å²) in [5, 5.41) is 3.05. The molecule has 0 aliphatic carbocycles. The topological polar surface area (TPSA) is 97.4 Å². The van der Waals surface area contributed by atoms with Gasteiger partial charge in [0.05, 0.1) is 28.7 Å². The molecule has 170 valence electrons. The Hall–Kier alpha value is -2.62. The smallest absolute Gasteiger partial charge is 0.265 e. The Morgan fingerprint density at radius 2 is 1.81 bits per heavy atom. The maximum absolute atomic E-state index is 12.8. The van der Waals surface area contributed by atoms with Gasteiger partial charge in [-0.1, -0.05) is 11.6 Å². The van der Waals surface area contributed by atoms with Crippen molar-refractivity contribution in [3.8, 4) is 17.0 Å². The largest absolute Gasteiger partial charge is 0.487 e. The first-order valence-corrected chi connectivity index (χ1v) is 12.7. The minimum atomic E-state index is -3.47. The van der Waals surface area contributed by atoms with E-state index in [1.807, 2.05) is 39.8 Å². The third-order valence-corrected chi connectivity index (χ3v) is 5.91. The first-order valence-electron chi connectivity index (χ1n) is 9.65. The third-order valence-electron chi connectivity index (χ3n) is 4.04. The Balaban J connectivity index is 1.79. The molecule has 0 saturated carbocycles. The van der Waals surface area contributed by atoms with E-state index < -0.39 is 10.0 Å². The van der Waals surface area contributed by atoms with Gasteiger partial charge < -0.3 is 10.1 Å². The van der Waals surface area contributed by atoms with Crippen LogP contribution in [0.3, 0.4) is 0 Å². The molecular weight excluding hydrogens is 470 g/mol. The van der Waals surface area contributed by atoms with E-state index in [0.29, 0.717) is 21.3 Å². The van der Waals surface area contributed by atoms with E-state index in [1.165, 1.54) is 23.5 Å². The SMILES string of the molecule is Cc1sc(C(=O)Nc2cc(Cl)cc(NS(C)(=O)=O)c2)cc1-c1ccc(OC(C)(C)C)cn1. The summed E-state index contributed by atoms with van der Waals surface area (Å²) in [4.78, 5) is 18.7. The van der Waals surface area contributed by atoms with Crippen molar-refractivity contribution in [2.24, 2.45) is 0 Å². The standard InChI is InChI=1S/C22H24ClN3O4S2/c1-13-18(19-7-6-17(12-24-19)30-22(2,3)4)11-20(31-13)21(27)25-15-8-14(23)9-16(10-15)26-32(5,28)29/h6-12,26H,1-5H3,(H,25,27). The molecular formula is C22H24ClN3O4S2. The van der Waals surface area contributed by atoms with Crippen LogP contribution in [-0.2, 0) is 10.0 Å². The van der Waals surface area contributed by atoms with Gasteiger partial charge in [0.2, 0.25) is 10.0 Å². The number of benzene rings is 1. The number of carbonyl (C=O) groups excluding carboxylic acids is 1. The summed E-state index contributed by atoms with van der Waals surface area (Å²) >= 11 is 7.41. The quantitative estimate of drug-likeness (QED) is 0.467. The van der Waals surface area contributed by atoms with Crippen LogP contribution in [0.4, 0.5) is 11.4 Å². The molecule has 0 aliphatic heterocycles. The zero-order chi connectivity index (χ0) is 23.7. The maximum atomic E-state index is 12.8. The van der Waals surface area contributed by atoms with E-state index in [-0.39, 0.29) is 17.2 Å². The maximum Gasteiger partial charge on any atom is 0.265 e. The molecule has 0 radical (unpaired) electrons. The summed E-state index contributed by atoms with van der Waals surface area (Å²) in [6.45, 7) is 7.82. The predicted molar refractivity (Wildman–Crippen MR) is 131 cm³/mol. The van der Waals surface area contributed by atoms with Crippen LogP contribution in [0.15, 0.2) is 42.6 Å². The zero-order valence-electron chi connectivity index (χ0n) is 18.3. The first-order chi connectivity index (χ1) is 14.8. The number of ether oxygens (including phenoxy) is 1. The molecule has 3 rings (SSSR count). The average molecular weight is 494 g/mol. The molecule has 7 nitrogen and oxygen atoms in total. The van der Waals surface area contributed by atoms with Gasteiger partial charge in [0.15, 0.2) is 0 Å². The lowest BCUT2D eigenvalue weighted by Gasteiger charge is -2.20. The second kappa shape index (κ2) is 9.09. The molecule has 0 saturated heterocycles. The second-order valence-electron chi connectivity index (χ2n) is 8.23. The molecule has 3 aromatic rings. The molecule has 0 aliphatic rings. The monoisotopic (exact) mass is 493 g/mol. The highest BCUT2D eigenvalue weighted by molar-refractivity contribution is 7.92. The van der Waals surface area contributed by atoms with Crippen molar-refractivity contribution in [3.63, 3.8) is 0 Å².